The summed E-state index contributed by atoms with van der Waals surface area (Å²) < 4.78 is 10.8. The molecule has 0 amide bonds. The van der Waals surface area contributed by atoms with Gasteiger partial charge in [-0.3, -0.25) is 4.99 Å². The van der Waals surface area contributed by atoms with Crippen molar-refractivity contribution in [1.29, 1.82) is 0 Å². The number of rotatable bonds is 9. The number of anilines is 1. The van der Waals surface area contributed by atoms with Crippen LogP contribution < -0.4 is 19.7 Å². The summed E-state index contributed by atoms with van der Waals surface area (Å²) in [6, 6.07) is 16.8. The van der Waals surface area contributed by atoms with Crippen molar-refractivity contribution >= 4 is 35.6 Å². The first-order valence-corrected chi connectivity index (χ1v) is 11.1. The minimum Gasteiger partial charge on any atom is -0.493 e. The molecule has 2 aromatic carbocycles. The highest BCUT2D eigenvalue weighted by Crippen LogP contribution is 2.28. The standard InChI is InChI=1S/C25H36N4O2.HI/c1-5-26-25(27-18-21-14-16-29(19-21)22-9-7-6-8-10-22)28(2)15-13-20-11-12-23(30-3)24(17-20)31-4;/h6-12,17,21H,5,13-16,18-19H2,1-4H3,(H,26,27);1H. The van der Waals surface area contributed by atoms with E-state index in [-0.39, 0.29) is 24.0 Å². The number of hydrogen-bond donors (Lipinski definition) is 1. The van der Waals surface area contributed by atoms with Gasteiger partial charge >= 0.3 is 0 Å². The molecule has 0 bridgehead atoms. The Kier molecular flexibility index (Phi) is 10.9. The molecule has 6 nitrogen and oxygen atoms in total. The Morgan fingerprint density at radius 3 is 2.56 bits per heavy atom. The Morgan fingerprint density at radius 1 is 1.12 bits per heavy atom. The Balaban J connectivity index is 0.00000363. The fourth-order valence-corrected chi connectivity index (χ4v) is 3.98. The molecule has 1 atom stereocenters. The molecule has 0 radical (unpaired) electrons. The van der Waals surface area contributed by atoms with Crippen LogP contribution in [-0.2, 0) is 6.42 Å². The minimum absolute atomic E-state index is 0. The van der Waals surface area contributed by atoms with E-state index in [0.717, 1.165) is 56.6 Å². The molecule has 1 fully saturated rings. The quantitative estimate of drug-likeness (QED) is 0.286. The first-order chi connectivity index (χ1) is 15.1. The first kappa shape index (κ1) is 26.1. The van der Waals surface area contributed by atoms with E-state index in [1.54, 1.807) is 14.2 Å². The number of nitrogens with one attached hydrogen (secondary N) is 1. The summed E-state index contributed by atoms with van der Waals surface area (Å²) in [5.41, 5.74) is 2.53. The molecule has 0 aromatic heterocycles. The molecule has 1 N–H and O–H groups in total. The summed E-state index contributed by atoms with van der Waals surface area (Å²) in [6.45, 7) is 6.89. The number of halogens is 1. The Bertz CT molecular complexity index is 847. The third kappa shape index (κ3) is 7.18. The second-order valence-electron chi connectivity index (χ2n) is 7.99. The molecular weight excluding hydrogens is 515 g/mol. The lowest BCUT2D eigenvalue weighted by atomic mass is 10.1. The molecule has 1 unspecified atom stereocenters. The van der Waals surface area contributed by atoms with Gasteiger partial charge in [0.2, 0.25) is 0 Å². The largest absolute Gasteiger partial charge is 0.493 e. The summed E-state index contributed by atoms with van der Waals surface area (Å²) in [4.78, 5) is 9.64. The van der Waals surface area contributed by atoms with Crippen LogP contribution in [0.1, 0.15) is 18.9 Å². The van der Waals surface area contributed by atoms with Crippen LogP contribution in [0.2, 0.25) is 0 Å². The highest BCUT2D eigenvalue weighted by molar-refractivity contribution is 14.0. The summed E-state index contributed by atoms with van der Waals surface area (Å²) >= 11 is 0. The third-order valence-corrected chi connectivity index (χ3v) is 5.79. The number of guanidine groups is 1. The van der Waals surface area contributed by atoms with Gasteiger partial charge in [-0.25, -0.2) is 0 Å². The molecule has 7 heteroatoms. The van der Waals surface area contributed by atoms with Gasteiger partial charge < -0.3 is 24.6 Å². The lowest BCUT2D eigenvalue weighted by Gasteiger charge is -2.23. The molecule has 1 aliphatic rings. The van der Waals surface area contributed by atoms with Crippen LogP contribution in [-0.4, -0.2) is 64.9 Å². The van der Waals surface area contributed by atoms with E-state index in [9.17, 15) is 0 Å². The molecule has 2 aromatic rings. The zero-order chi connectivity index (χ0) is 22.1. The zero-order valence-corrected chi connectivity index (χ0v) is 22.0. The van der Waals surface area contributed by atoms with E-state index in [2.05, 4.69) is 65.5 Å². The summed E-state index contributed by atoms with van der Waals surface area (Å²) in [5, 5.41) is 3.44. The highest BCUT2D eigenvalue weighted by Gasteiger charge is 2.22. The smallest absolute Gasteiger partial charge is 0.193 e. The van der Waals surface area contributed by atoms with Gasteiger partial charge in [-0.05, 0) is 55.5 Å². The number of likely N-dealkylation sites (N-methyl/N-ethyl adjacent to an activating group) is 1. The molecule has 1 aliphatic heterocycles. The number of benzene rings is 2. The second kappa shape index (κ2) is 13.4. The van der Waals surface area contributed by atoms with E-state index in [1.807, 2.05) is 12.1 Å². The van der Waals surface area contributed by atoms with Gasteiger partial charge in [-0.2, -0.15) is 0 Å². The molecule has 176 valence electrons. The lowest BCUT2D eigenvalue weighted by molar-refractivity contribution is 0.354. The van der Waals surface area contributed by atoms with Crippen LogP contribution in [0, 0.1) is 5.92 Å². The van der Waals surface area contributed by atoms with Crippen molar-refractivity contribution in [3.8, 4) is 11.5 Å². The maximum absolute atomic E-state index is 5.43. The maximum atomic E-state index is 5.43. The third-order valence-electron chi connectivity index (χ3n) is 5.79. The van der Waals surface area contributed by atoms with Crippen molar-refractivity contribution in [2.75, 3.05) is 58.9 Å². The van der Waals surface area contributed by atoms with Crippen LogP contribution in [0.4, 0.5) is 5.69 Å². The van der Waals surface area contributed by atoms with E-state index >= 15 is 0 Å². The van der Waals surface area contributed by atoms with Crippen molar-refractivity contribution < 1.29 is 9.47 Å². The monoisotopic (exact) mass is 552 g/mol. The molecule has 1 heterocycles. The van der Waals surface area contributed by atoms with Crippen LogP contribution in [0.5, 0.6) is 11.5 Å². The number of methoxy groups -OCH3 is 2. The Hall–Kier alpha value is -2.16. The predicted octanol–water partition coefficient (Wildman–Crippen LogP) is 4.29. The number of para-hydroxylation sites is 1. The lowest BCUT2D eigenvalue weighted by Crippen LogP contribution is -2.40. The van der Waals surface area contributed by atoms with E-state index in [4.69, 9.17) is 14.5 Å². The normalized spacial score (nSPS) is 15.8. The Morgan fingerprint density at radius 2 is 1.88 bits per heavy atom. The van der Waals surface area contributed by atoms with Crippen molar-refractivity contribution in [3.05, 3.63) is 54.1 Å². The number of ether oxygens (including phenoxy) is 2. The predicted molar refractivity (Wildman–Crippen MR) is 144 cm³/mol. The second-order valence-corrected chi connectivity index (χ2v) is 7.99. The van der Waals surface area contributed by atoms with Gasteiger partial charge in [-0.1, -0.05) is 24.3 Å². The zero-order valence-electron chi connectivity index (χ0n) is 19.7. The molecule has 0 saturated carbocycles. The molecule has 0 spiro atoms. The topological polar surface area (TPSA) is 49.3 Å². The molecule has 0 aliphatic carbocycles. The summed E-state index contributed by atoms with van der Waals surface area (Å²) in [6.07, 6.45) is 2.10. The molecule has 3 rings (SSSR count). The van der Waals surface area contributed by atoms with Gasteiger partial charge in [0.05, 0.1) is 14.2 Å². The summed E-state index contributed by atoms with van der Waals surface area (Å²) in [5.74, 6) is 3.09. The summed E-state index contributed by atoms with van der Waals surface area (Å²) in [7, 11) is 5.44. The van der Waals surface area contributed by atoms with Crippen molar-refractivity contribution in [2.24, 2.45) is 10.9 Å². The number of aliphatic imine (C=N–C) groups is 1. The van der Waals surface area contributed by atoms with Gasteiger partial charge in [0, 0.05) is 45.5 Å². The average Bonchev–Trinajstić information content (AvgIpc) is 3.29. The van der Waals surface area contributed by atoms with Gasteiger partial charge in [0.1, 0.15) is 0 Å². The number of hydrogen-bond acceptors (Lipinski definition) is 4. The van der Waals surface area contributed by atoms with Crippen LogP contribution in [0.15, 0.2) is 53.5 Å². The molecular formula is C25H37IN4O2. The average molecular weight is 553 g/mol. The molecule has 32 heavy (non-hydrogen) atoms. The van der Waals surface area contributed by atoms with Crippen LogP contribution in [0.25, 0.3) is 0 Å². The van der Waals surface area contributed by atoms with Gasteiger partial charge in [0.25, 0.3) is 0 Å². The number of nitrogens with zero attached hydrogens (tertiary/aromatic N) is 3. The van der Waals surface area contributed by atoms with E-state index < -0.39 is 0 Å². The van der Waals surface area contributed by atoms with E-state index in [1.165, 1.54) is 17.7 Å². The SMILES string of the molecule is CCNC(=NCC1CCN(c2ccccc2)C1)N(C)CCc1ccc(OC)c(OC)c1.I. The van der Waals surface area contributed by atoms with Crippen molar-refractivity contribution in [2.45, 2.75) is 19.8 Å². The fraction of sp³-hybridized carbons (Fsp3) is 0.480. The van der Waals surface area contributed by atoms with Crippen molar-refractivity contribution in [1.82, 2.24) is 10.2 Å². The van der Waals surface area contributed by atoms with Gasteiger partial charge in [-0.15, -0.1) is 24.0 Å². The molecule has 1 saturated heterocycles. The maximum Gasteiger partial charge on any atom is 0.193 e. The Labute approximate surface area is 210 Å². The van der Waals surface area contributed by atoms with Crippen LogP contribution in [0.3, 0.4) is 0 Å². The minimum atomic E-state index is 0. The highest BCUT2D eigenvalue weighted by atomic mass is 127. The van der Waals surface area contributed by atoms with Gasteiger partial charge in [0.15, 0.2) is 17.5 Å². The van der Waals surface area contributed by atoms with Crippen molar-refractivity contribution in [3.63, 3.8) is 0 Å². The first-order valence-electron chi connectivity index (χ1n) is 11.1. The van der Waals surface area contributed by atoms with Crippen LogP contribution >= 0.6 is 24.0 Å². The fourth-order valence-electron chi connectivity index (χ4n) is 3.98. The van der Waals surface area contributed by atoms with E-state index in [0.29, 0.717) is 5.92 Å².